The van der Waals surface area contributed by atoms with Gasteiger partial charge in [0, 0.05) is 11.5 Å². The molecule has 4 nitrogen and oxygen atoms in total. The molecule has 0 saturated carbocycles. The van der Waals surface area contributed by atoms with Gasteiger partial charge in [-0.15, -0.1) is 0 Å². The van der Waals surface area contributed by atoms with Crippen LogP contribution in [-0.4, -0.2) is 22.2 Å². The predicted molar refractivity (Wildman–Crippen MR) is 117 cm³/mol. The first-order valence-electron chi connectivity index (χ1n) is 9.51. The van der Waals surface area contributed by atoms with Gasteiger partial charge in [-0.2, -0.15) is 0 Å². The molecule has 0 aliphatic rings. The zero-order chi connectivity index (χ0) is 21.3. The maximum Gasteiger partial charge on any atom is 0.344 e. The van der Waals surface area contributed by atoms with Crippen molar-refractivity contribution in [1.29, 1.82) is 0 Å². The third-order valence-corrected chi connectivity index (χ3v) is 4.04. The van der Waals surface area contributed by atoms with Gasteiger partial charge in [0.05, 0.1) is 5.52 Å². The first-order chi connectivity index (χ1) is 13.5. The van der Waals surface area contributed by atoms with Crippen LogP contribution in [0.4, 0.5) is 0 Å². The molecule has 3 aromatic rings. The second-order valence-electron chi connectivity index (χ2n) is 5.58. The van der Waals surface area contributed by atoms with E-state index in [9.17, 15) is 4.79 Å². The molecule has 1 atom stereocenters. The number of nitrogens with zero attached hydrogens (tertiary/aromatic N) is 1. The van der Waals surface area contributed by atoms with Gasteiger partial charge in [-0.05, 0) is 48.7 Å². The van der Waals surface area contributed by atoms with E-state index >= 15 is 0 Å². The number of hydrogen-bond acceptors (Lipinski definition) is 3. The van der Waals surface area contributed by atoms with Gasteiger partial charge in [0.15, 0.2) is 6.10 Å². The van der Waals surface area contributed by atoms with E-state index in [1.165, 1.54) is 6.92 Å². The molecule has 0 amide bonds. The standard InChI is InChI=1S/C19H16ClNO3.2C2H6/c1-11-5-3-4-6-14(11)16-10-18(20)21-17-9-13(7-8-15(16)17)24-12(2)19(22)23;2*1-2/h3-10,12H,1-2H3,(H,22,23);2*1-2H3. The lowest BCUT2D eigenvalue weighted by atomic mass is 9.97. The Morgan fingerprint density at radius 2 is 1.68 bits per heavy atom. The van der Waals surface area contributed by atoms with Crippen molar-refractivity contribution in [2.24, 2.45) is 0 Å². The molecule has 1 N–H and O–H groups in total. The normalized spacial score (nSPS) is 10.8. The molecular formula is C23H28ClNO3. The second-order valence-corrected chi connectivity index (χ2v) is 5.97. The van der Waals surface area contributed by atoms with Crippen LogP contribution in [0.3, 0.4) is 0 Å². The number of halogens is 1. The molecule has 150 valence electrons. The smallest absolute Gasteiger partial charge is 0.344 e. The Kier molecular flexibility index (Phi) is 9.46. The van der Waals surface area contributed by atoms with Crippen LogP contribution < -0.4 is 4.74 Å². The van der Waals surface area contributed by atoms with Crippen LogP contribution in [0.1, 0.15) is 40.2 Å². The van der Waals surface area contributed by atoms with Gasteiger partial charge in [0.1, 0.15) is 10.9 Å². The highest BCUT2D eigenvalue weighted by molar-refractivity contribution is 6.30. The maximum absolute atomic E-state index is 10.9. The Bertz CT molecular complexity index is 925. The fourth-order valence-corrected chi connectivity index (χ4v) is 2.80. The van der Waals surface area contributed by atoms with Gasteiger partial charge in [0.2, 0.25) is 0 Å². The van der Waals surface area contributed by atoms with Crippen molar-refractivity contribution < 1.29 is 14.6 Å². The number of carboxylic acids is 1. The average molecular weight is 402 g/mol. The Labute approximate surface area is 172 Å². The van der Waals surface area contributed by atoms with Crippen molar-refractivity contribution in [3.05, 3.63) is 59.2 Å². The van der Waals surface area contributed by atoms with Crippen LogP contribution >= 0.6 is 11.6 Å². The van der Waals surface area contributed by atoms with Gasteiger partial charge >= 0.3 is 5.97 Å². The molecular weight excluding hydrogens is 374 g/mol. The molecule has 0 saturated heterocycles. The van der Waals surface area contributed by atoms with Crippen LogP contribution in [0.15, 0.2) is 48.5 Å². The molecule has 0 spiro atoms. The SMILES string of the molecule is CC.CC.Cc1ccccc1-c1cc(Cl)nc2cc(OC(C)C(=O)O)ccc12. The van der Waals surface area contributed by atoms with Crippen LogP contribution in [0.2, 0.25) is 5.15 Å². The topological polar surface area (TPSA) is 59.4 Å². The first kappa shape index (κ1) is 23.4. The van der Waals surface area contributed by atoms with Crippen molar-refractivity contribution in [2.75, 3.05) is 0 Å². The average Bonchev–Trinajstić information content (AvgIpc) is 2.70. The highest BCUT2D eigenvalue weighted by atomic mass is 35.5. The summed E-state index contributed by atoms with van der Waals surface area (Å²) in [6.07, 6.45) is -0.933. The van der Waals surface area contributed by atoms with Crippen LogP contribution in [-0.2, 0) is 4.79 Å². The fourth-order valence-electron chi connectivity index (χ4n) is 2.60. The molecule has 0 radical (unpaired) electrons. The zero-order valence-corrected chi connectivity index (χ0v) is 18.0. The Balaban J connectivity index is 0.000000921. The lowest BCUT2D eigenvalue weighted by molar-refractivity contribution is -0.144. The third-order valence-electron chi connectivity index (χ3n) is 3.85. The molecule has 1 heterocycles. The highest BCUT2D eigenvalue weighted by Crippen LogP contribution is 2.33. The van der Waals surface area contributed by atoms with Gasteiger partial charge < -0.3 is 9.84 Å². The predicted octanol–water partition coefficient (Wildman–Crippen LogP) is 6.77. The molecule has 28 heavy (non-hydrogen) atoms. The molecule has 3 rings (SSSR count). The van der Waals surface area contributed by atoms with Crippen molar-refractivity contribution >= 4 is 28.5 Å². The van der Waals surface area contributed by atoms with Crippen LogP contribution in [0.5, 0.6) is 5.75 Å². The molecule has 1 aromatic heterocycles. The van der Waals surface area contributed by atoms with E-state index in [4.69, 9.17) is 21.4 Å². The van der Waals surface area contributed by atoms with Crippen LogP contribution in [0.25, 0.3) is 22.0 Å². The number of hydrogen-bond donors (Lipinski definition) is 1. The summed E-state index contributed by atoms with van der Waals surface area (Å²) < 4.78 is 5.41. The van der Waals surface area contributed by atoms with E-state index in [1.807, 2.05) is 71.0 Å². The van der Waals surface area contributed by atoms with E-state index in [0.29, 0.717) is 16.4 Å². The summed E-state index contributed by atoms with van der Waals surface area (Å²) in [7, 11) is 0. The van der Waals surface area contributed by atoms with Gasteiger partial charge in [-0.1, -0.05) is 63.6 Å². The molecule has 0 aliphatic heterocycles. The Morgan fingerprint density at radius 3 is 2.29 bits per heavy atom. The number of carbonyl (C=O) groups is 1. The summed E-state index contributed by atoms with van der Waals surface area (Å²) in [4.78, 5) is 15.3. The number of pyridine rings is 1. The first-order valence-corrected chi connectivity index (χ1v) is 9.89. The van der Waals surface area contributed by atoms with E-state index < -0.39 is 12.1 Å². The van der Waals surface area contributed by atoms with E-state index in [1.54, 1.807) is 12.1 Å². The molecule has 1 unspecified atom stereocenters. The number of aromatic nitrogens is 1. The highest BCUT2D eigenvalue weighted by Gasteiger charge is 2.14. The minimum atomic E-state index is -1.02. The van der Waals surface area contributed by atoms with E-state index in [0.717, 1.165) is 22.1 Å². The lowest BCUT2D eigenvalue weighted by Gasteiger charge is -2.13. The van der Waals surface area contributed by atoms with E-state index in [-0.39, 0.29) is 0 Å². The van der Waals surface area contributed by atoms with Crippen molar-refractivity contribution in [3.8, 4) is 16.9 Å². The number of rotatable bonds is 4. The number of fused-ring (bicyclic) bond motifs is 1. The summed E-state index contributed by atoms with van der Waals surface area (Å²) in [5.41, 5.74) is 3.87. The van der Waals surface area contributed by atoms with E-state index in [2.05, 4.69) is 4.98 Å². The number of carboxylic acid groups (broad SMARTS) is 1. The fraction of sp³-hybridized carbons (Fsp3) is 0.304. The number of benzene rings is 2. The largest absolute Gasteiger partial charge is 0.479 e. The van der Waals surface area contributed by atoms with Gasteiger partial charge in [0.25, 0.3) is 0 Å². The summed E-state index contributed by atoms with van der Waals surface area (Å²) in [5.74, 6) is -0.572. The van der Waals surface area contributed by atoms with Crippen molar-refractivity contribution in [3.63, 3.8) is 0 Å². The van der Waals surface area contributed by atoms with Crippen LogP contribution in [0, 0.1) is 6.92 Å². The monoisotopic (exact) mass is 401 g/mol. The molecule has 0 aliphatic carbocycles. The van der Waals surface area contributed by atoms with Crippen molar-refractivity contribution in [1.82, 2.24) is 4.98 Å². The third kappa shape index (κ3) is 5.70. The number of ether oxygens (including phenoxy) is 1. The molecule has 0 bridgehead atoms. The Morgan fingerprint density at radius 1 is 1.04 bits per heavy atom. The maximum atomic E-state index is 10.9. The summed E-state index contributed by atoms with van der Waals surface area (Å²) >= 11 is 6.19. The summed E-state index contributed by atoms with van der Waals surface area (Å²) in [6.45, 7) is 11.5. The lowest BCUT2D eigenvalue weighted by Crippen LogP contribution is -2.22. The second kappa shape index (κ2) is 11.3. The summed E-state index contributed by atoms with van der Waals surface area (Å²) in [5, 5.41) is 10.3. The molecule has 5 heteroatoms. The quantitative estimate of drug-likeness (QED) is 0.490. The van der Waals surface area contributed by atoms with Crippen molar-refractivity contribution in [2.45, 2.75) is 47.6 Å². The molecule has 2 aromatic carbocycles. The zero-order valence-electron chi connectivity index (χ0n) is 17.3. The van der Waals surface area contributed by atoms with Gasteiger partial charge in [-0.25, -0.2) is 9.78 Å². The minimum absolute atomic E-state index is 0.379. The van der Waals surface area contributed by atoms with Gasteiger partial charge in [-0.3, -0.25) is 0 Å². The summed E-state index contributed by atoms with van der Waals surface area (Å²) in [6, 6.07) is 15.2. The number of aryl methyl sites for hydroxylation is 1. The molecule has 0 fully saturated rings. The Hall–Kier alpha value is -2.59. The minimum Gasteiger partial charge on any atom is -0.479 e. The number of aliphatic carboxylic acids is 1.